The number of nitrogens with zero attached hydrogens (tertiary/aromatic N) is 4. The summed E-state index contributed by atoms with van der Waals surface area (Å²) in [6.07, 6.45) is 3.83. The number of halogens is 2. The third-order valence-corrected chi connectivity index (χ3v) is 6.70. The fraction of sp³-hybridized carbons (Fsp3) is 0.652. The molecule has 2 heterocycles. The Balaban J connectivity index is 0.00000363. The molecule has 0 atom stereocenters. The largest absolute Gasteiger partial charge is 0.368 e. The fourth-order valence-corrected chi connectivity index (χ4v) is 4.72. The van der Waals surface area contributed by atoms with Crippen LogP contribution in [0.25, 0.3) is 0 Å². The van der Waals surface area contributed by atoms with Crippen molar-refractivity contribution in [1.29, 1.82) is 0 Å². The van der Waals surface area contributed by atoms with Gasteiger partial charge in [-0.2, -0.15) is 0 Å². The minimum Gasteiger partial charge on any atom is -0.368 e. The molecule has 2 N–H and O–H groups in total. The second-order valence-electron chi connectivity index (χ2n) is 8.42. The predicted octanol–water partition coefficient (Wildman–Crippen LogP) is 2.89. The number of likely N-dealkylation sites (tertiary alicyclic amines) is 1. The smallest absolute Gasteiger partial charge is 0.220 e. The average molecular weight is 577 g/mol. The summed E-state index contributed by atoms with van der Waals surface area (Å²) in [4.78, 5) is 23.3. The Kier molecular flexibility index (Phi) is 11.9. The minimum absolute atomic E-state index is 0. The van der Waals surface area contributed by atoms with Gasteiger partial charge in [-0.25, -0.2) is 0 Å². The number of hydrogen-bond donors (Lipinski definition) is 2. The summed E-state index contributed by atoms with van der Waals surface area (Å²) in [5.41, 5.74) is 1.15. The van der Waals surface area contributed by atoms with Gasteiger partial charge in [0.05, 0.1) is 10.7 Å². The molecule has 0 saturated carbocycles. The molecule has 2 fully saturated rings. The lowest BCUT2D eigenvalue weighted by Crippen LogP contribution is -2.48. The molecule has 1 aromatic rings. The summed E-state index contributed by atoms with van der Waals surface area (Å²) in [7, 11) is 3.56. The molecule has 9 heteroatoms. The van der Waals surface area contributed by atoms with Crippen molar-refractivity contribution in [2.75, 3.05) is 71.4 Å². The number of para-hydroxylation sites is 1. The van der Waals surface area contributed by atoms with Crippen molar-refractivity contribution in [2.24, 2.45) is 10.9 Å². The molecule has 0 aliphatic carbocycles. The van der Waals surface area contributed by atoms with Crippen molar-refractivity contribution in [3.63, 3.8) is 0 Å². The quantitative estimate of drug-likeness (QED) is 0.226. The zero-order valence-electron chi connectivity index (χ0n) is 19.4. The zero-order valence-corrected chi connectivity index (χ0v) is 22.4. The van der Waals surface area contributed by atoms with Gasteiger partial charge in [0, 0.05) is 66.3 Å². The maximum Gasteiger partial charge on any atom is 0.220 e. The van der Waals surface area contributed by atoms with Crippen LogP contribution in [0, 0.1) is 5.92 Å². The highest BCUT2D eigenvalue weighted by Crippen LogP contribution is 2.26. The number of piperidine rings is 1. The first-order valence-electron chi connectivity index (χ1n) is 11.5. The van der Waals surface area contributed by atoms with E-state index in [2.05, 4.69) is 42.5 Å². The van der Waals surface area contributed by atoms with Crippen LogP contribution < -0.4 is 15.5 Å². The number of carbonyl (C=O) groups is 1. The normalized spacial score (nSPS) is 18.3. The first-order valence-corrected chi connectivity index (χ1v) is 11.9. The number of rotatable bonds is 7. The first kappa shape index (κ1) is 27.0. The van der Waals surface area contributed by atoms with Crippen LogP contribution in [-0.4, -0.2) is 88.1 Å². The van der Waals surface area contributed by atoms with Crippen molar-refractivity contribution < 1.29 is 4.79 Å². The lowest BCUT2D eigenvalue weighted by molar-refractivity contribution is -0.121. The van der Waals surface area contributed by atoms with E-state index in [1.165, 1.54) is 0 Å². The van der Waals surface area contributed by atoms with E-state index in [0.29, 0.717) is 12.3 Å². The van der Waals surface area contributed by atoms with E-state index >= 15 is 0 Å². The lowest BCUT2D eigenvalue weighted by atomic mass is 9.93. The Hall–Kier alpha value is -1.26. The molecule has 2 aliphatic rings. The van der Waals surface area contributed by atoms with Crippen molar-refractivity contribution in [3.05, 3.63) is 29.3 Å². The molecule has 0 unspecified atom stereocenters. The third-order valence-electron chi connectivity index (χ3n) is 6.38. The number of hydrogen-bond acceptors (Lipinski definition) is 4. The van der Waals surface area contributed by atoms with Gasteiger partial charge in [-0.3, -0.25) is 14.7 Å². The molecule has 0 bridgehead atoms. The molecule has 7 nitrogen and oxygen atoms in total. The molecule has 32 heavy (non-hydrogen) atoms. The van der Waals surface area contributed by atoms with Crippen molar-refractivity contribution >= 4 is 53.1 Å². The van der Waals surface area contributed by atoms with Crippen LogP contribution in [0.5, 0.6) is 0 Å². The molecule has 3 rings (SSSR count). The number of anilines is 1. The Bertz CT molecular complexity index is 733. The minimum atomic E-state index is 0. The Morgan fingerprint density at radius 1 is 1.12 bits per heavy atom. The number of nitrogens with one attached hydrogen (secondary N) is 2. The maximum absolute atomic E-state index is 11.6. The highest BCUT2D eigenvalue weighted by atomic mass is 127. The van der Waals surface area contributed by atoms with Crippen LogP contribution in [0.4, 0.5) is 5.69 Å². The summed E-state index contributed by atoms with van der Waals surface area (Å²) in [5, 5.41) is 7.10. The summed E-state index contributed by atoms with van der Waals surface area (Å²) >= 11 is 6.34. The topological polar surface area (TPSA) is 63.2 Å². The SMILES string of the molecule is CN=C(NCCCN1CCN(c2ccccc2Cl)CC1)N1CCC(CC(=O)NC)CC1.I. The van der Waals surface area contributed by atoms with Crippen LogP contribution in [0.3, 0.4) is 0 Å². The van der Waals surface area contributed by atoms with Crippen molar-refractivity contribution in [2.45, 2.75) is 25.7 Å². The van der Waals surface area contributed by atoms with Crippen molar-refractivity contribution in [3.8, 4) is 0 Å². The number of guanidine groups is 1. The van der Waals surface area contributed by atoms with E-state index in [1.54, 1.807) is 7.05 Å². The summed E-state index contributed by atoms with van der Waals surface area (Å²) in [6, 6.07) is 8.10. The fourth-order valence-electron chi connectivity index (χ4n) is 4.47. The average Bonchev–Trinajstić information content (AvgIpc) is 2.80. The number of aliphatic imine (C=N–C) groups is 1. The predicted molar refractivity (Wildman–Crippen MR) is 144 cm³/mol. The van der Waals surface area contributed by atoms with E-state index < -0.39 is 0 Å². The molecular weight excluding hydrogens is 539 g/mol. The van der Waals surface area contributed by atoms with E-state index in [4.69, 9.17) is 11.6 Å². The van der Waals surface area contributed by atoms with Crippen LogP contribution in [-0.2, 0) is 4.79 Å². The van der Waals surface area contributed by atoms with Gasteiger partial charge in [-0.05, 0) is 43.9 Å². The van der Waals surface area contributed by atoms with Gasteiger partial charge < -0.3 is 20.4 Å². The second-order valence-corrected chi connectivity index (χ2v) is 8.82. The number of carbonyl (C=O) groups excluding carboxylic acids is 1. The van der Waals surface area contributed by atoms with Gasteiger partial charge in [0.2, 0.25) is 5.91 Å². The molecule has 2 aliphatic heterocycles. The molecule has 180 valence electrons. The number of piperazine rings is 1. The van der Waals surface area contributed by atoms with Gasteiger partial charge >= 0.3 is 0 Å². The Morgan fingerprint density at radius 3 is 2.44 bits per heavy atom. The molecule has 0 spiro atoms. The van der Waals surface area contributed by atoms with Gasteiger partial charge in [0.15, 0.2) is 5.96 Å². The number of benzene rings is 1. The molecule has 0 radical (unpaired) electrons. The second kappa shape index (κ2) is 14.1. The highest BCUT2D eigenvalue weighted by Gasteiger charge is 2.23. The first-order chi connectivity index (χ1) is 15.1. The van der Waals surface area contributed by atoms with Crippen LogP contribution in [0.2, 0.25) is 5.02 Å². The molecule has 0 aromatic heterocycles. The van der Waals surface area contributed by atoms with Crippen LogP contribution in [0.1, 0.15) is 25.7 Å². The maximum atomic E-state index is 11.6. The third kappa shape index (κ3) is 7.95. The molecule has 1 aromatic carbocycles. The van der Waals surface area contributed by atoms with E-state index in [0.717, 1.165) is 88.3 Å². The van der Waals surface area contributed by atoms with Crippen LogP contribution in [0.15, 0.2) is 29.3 Å². The van der Waals surface area contributed by atoms with Gasteiger partial charge in [-0.15, -0.1) is 24.0 Å². The van der Waals surface area contributed by atoms with E-state index in [-0.39, 0.29) is 29.9 Å². The summed E-state index contributed by atoms with van der Waals surface area (Å²) in [6.45, 7) is 8.12. The van der Waals surface area contributed by atoms with E-state index in [1.807, 2.05) is 19.2 Å². The van der Waals surface area contributed by atoms with E-state index in [9.17, 15) is 4.79 Å². The number of amides is 1. The van der Waals surface area contributed by atoms with Crippen molar-refractivity contribution in [1.82, 2.24) is 20.4 Å². The standard InChI is InChI=1S/C23H37ClN6O.HI/c1-25-22(31)18-19-8-12-30(13-9-19)23(26-2)27-10-5-11-28-14-16-29(17-15-28)21-7-4-3-6-20(21)24;/h3-4,6-7,19H,5,8-18H2,1-2H3,(H,25,31)(H,26,27);1H. The molecule has 1 amide bonds. The molecule has 2 saturated heterocycles. The molecular formula is C23H38ClIN6O. The Labute approximate surface area is 215 Å². The van der Waals surface area contributed by atoms with Crippen LogP contribution >= 0.6 is 35.6 Å². The summed E-state index contributed by atoms with van der Waals surface area (Å²) in [5.74, 6) is 1.62. The van der Waals surface area contributed by atoms with Gasteiger partial charge in [0.25, 0.3) is 0 Å². The monoisotopic (exact) mass is 576 g/mol. The lowest BCUT2D eigenvalue weighted by Gasteiger charge is -2.36. The van der Waals surface area contributed by atoms with Gasteiger partial charge in [0.1, 0.15) is 0 Å². The summed E-state index contributed by atoms with van der Waals surface area (Å²) < 4.78 is 0. The zero-order chi connectivity index (χ0) is 22.1. The highest BCUT2D eigenvalue weighted by molar-refractivity contribution is 14.0. The van der Waals surface area contributed by atoms with Gasteiger partial charge in [-0.1, -0.05) is 23.7 Å². The Morgan fingerprint density at radius 2 is 1.81 bits per heavy atom.